The lowest BCUT2D eigenvalue weighted by Crippen LogP contribution is -2.14. The van der Waals surface area contributed by atoms with E-state index in [4.69, 9.17) is 10.5 Å². The van der Waals surface area contributed by atoms with Crippen LogP contribution in [0.4, 0.5) is 0 Å². The van der Waals surface area contributed by atoms with Gasteiger partial charge < -0.3 is 10.5 Å². The highest BCUT2D eigenvalue weighted by Crippen LogP contribution is 2.31. The minimum atomic E-state index is -0.187. The molecule has 1 atom stereocenters. The quantitative estimate of drug-likeness (QED) is 0.893. The molecule has 106 valence electrons. The van der Waals surface area contributed by atoms with Crippen molar-refractivity contribution in [1.82, 2.24) is 0 Å². The average molecular weight is 334 g/mol. The zero-order valence-corrected chi connectivity index (χ0v) is 13.7. The minimum Gasteiger partial charge on any atom is -0.494 e. The van der Waals surface area contributed by atoms with Gasteiger partial charge in [0.05, 0.1) is 12.6 Å². The third kappa shape index (κ3) is 3.41. The van der Waals surface area contributed by atoms with Gasteiger partial charge in [0.25, 0.3) is 0 Å². The standard InChI is InChI=1S/C17H20BrNO/c1-4-20-16-6-5-14(18)10-15(16)17(19)13-8-11(2)7-12(3)9-13/h5-10,17H,4,19H2,1-3H3. The molecule has 0 aliphatic rings. The van der Waals surface area contributed by atoms with Gasteiger partial charge in [-0.2, -0.15) is 0 Å². The molecule has 0 fully saturated rings. The monoisotopic (exact) mass is 333 g/mol. The lowest BCUT2D eigenvalue weighted by molar-refractivity contribution is 0.335. The Morgan fingerprint density at radius 1 is 1.10 bits per heavy atom. The fourth-order valence-electron chi connectivity index (χ4n) is 2.42. The van der Waals surface area contributed by atoms with Crippen LogP contribution >= 0.6 is 15.9 Å². The van der Waals surface area contributed by atoms with Crippen molar-refractivity contribution < 1.29 is 4.74 Å². The molecule has 0 aliphatic heterocycles. The van der Waals surface area contributed by atoms with E-state index in [9.17, 15) is 0 Å². The van der Waals surface area contributed by atoms with Crippen LogP contribution in [-0.2, 0) is 0 Å². The Morgan fingerprint density at radius 2 is 1.75 bits per heavy atom. The Kier molecular flexibility index (Phi) is 4.84. The molecule has 0 bridgehead atoms. The first-order valence-electron chi connectivity index (χ1n) is 6.77. The summed E-state index contributed by atoms with van der Waals surface area (Å²) >= 11 is 3.51. The molecule has 0 spiro atoms. The third-order valence-corrected chi connectivity index (χ3v) is 3.70. The highest BCUT2D eigenvalue weighted by atomic mass is 79.9. The Bertz CT molecular complexity index is 590. The summed E-state index contributed by atoms with van der Waals surface area (Å²) in [6.45, 7) is 6.80. The third-order valence-electron chi connectivity index (χ3n) is 3.21. The van der Waals surface area contributed by atoms with E-state index in [2.05, 4.69) is 48.0 Å². The second kappa shape index (κ2) is 6.42. The highest BCUT2D eigenvalue weighted by molar-refractivity contribution is 9.10. The molecule has 2 rings (SSSR count). The molecule has 0 amide bonds. The number of benzene rings is 2. The van der Waals surface area contributed by atoms with Gasteiger partial charge >= 0.3 is 0 Å². The van der Waals surface area contributed by atoms with Crippen LogP contribution in [0.5, 0.6) is 5.75 Å². The van der Waals surface area contributed by atoms with Crippen molar-refractivity contribution in [1.29, 1.82) is 0 Å². The summed E-state index contributed by atoms with van der Waals surface area (Å²) in [5.74, 6) is 0.849. The van der Waals surface area contributed by atoms with E-state index in [1.165, 1.54) is 11.1 Å². The molecule has 3 heteroatoms. The van der Waals surface area contributed by atoms with Crippen LogP contribution < -0.4 is 10.5 Å². The topological polar surface area (TPSA) is 35.2 Å². The first kappa shape index (κ1) is 15.1. The number of hydrogen-bond donors (Lipinski definition) is 1. The van der Waals surface area contributed by atoms with Crippen LogP contribution in [0.2, 0.25) is 0 Å². The number of halogens is 1. The molecule has 2 aromatic rings. The van der Waals surface area contributed by atoms with Gasteiger partial charge in [-0.3, -0.25) is 0 Å². The predicted octanol–water partition coefficient (Wildman–Crippen LogP) is 4.51. The Morgan fingerprint density at radius 3 is 2.35 bits per heavy atom. The summed E-state index contributed by atoms with van der Waals surface area (Å²) in [5.41, 5.74) is 11.0. The Labute approximate surface area is 129 Å². The van der Waals surface area contributed by atoms with Gasteiger partial charge in [0.1, 0.15) is 5.75 Å². The molecule has 0 saturated carbocycles. The van der Waals surface area contributed by atoms with Gasteiger partial charge in [0.2, 0.25) is 0 Å². The summed E-state index contributed by atoms with van der Waals surface area (Å²) in [7, 11) is 0. The van der Waals surface area contributed by atoms with Crippen LogP contribution in [0, 0.1) is 13.8 Å². The van der Waals surface area contributed by atoms with Crippen molar-refractivity contribution in [2.45, 2.75) is 26.8 Å². The van der Waals surface area contributed by atoms with Crippen molar-refractivity contribution in [3.63, 3.8) is 0 Å². The van der Waals surface area contributed by atoms with Crippen LogP contribution in [0.15, 0.2) is 40.9 Å². The first-order chi connectivity index (χ1) is 9.51. The molecule has 0 aromatic heterocycles. The van der Waals surface area contributed by atoms with Crippen LogP contribution in [0.1, 0.15) is 35.2 Å². The summed E-state index contributed by atoms with van der Waals surface area (Å²) in [6.07, 6.45) is 0. The van der Waals surface area contributed by atoms with Crippen molar-refractivity contribution in [3.05, 3.63) is 63.1 Å². The summed E-state index contributed by atoms with van der Waals surface area (Å²) in [4.78, 5) is 0. The lowest BCUT2D eigenvalue weighted by Gasteiger charge is -2.18. The van der Waals surface area contributed by atoms with Crippen molar-refractivity contribution in [3.8, 4) is 5.75 Å². The van der Waals surface area contributed by atoms with Gasteiger partial charge in [-0.15, -0.1) is 0 Å². The van der Waals surface area contributed by atoms with Gasteiger partial charge in [0, 0.05) is 10.0 Å². The maximum Gasteiger partial charge on any atom is 0.124 e. The van der Waals surface area contributed by atoms with E-state index in [-0.39, 0.29) is 6.04 Å². The molecule has 0 aliphatic carbocycles. The zero-order chi connectivity index (χ0) is 14.7. The van der Waals surface area contributed by atoms with Crippen LogP contribution in [-0.4, -0.2) is 6.61 Å². The van der Waals surface area contributed by atoms with E-state index in [0.717, 1.165) is 21.3 Å². The first-order valence-corrected chi connectivity index (χ1v) is 7.56. The fraction of sp³-hybridized carbons (Fsp3) is 0.294. The maximum atomic E-state index is 6.45. The van der Waals surface area contributed by atoms with Crippen molar-refractivity contribution >= 4 is 15.9 Å². The molecular weight excluding hydrogens is 314 g/mol. The smallest absolute Gasteiger partial charge is 0.124 e. The SMILES string of the molecule is CCOc1ccc(Br)cc1C(N)c1cc(C)cc(C)c1. The van der Waals surface area contributed by atoms with Gasteiger partial charge in [-0.25, -0.2) is 0 Å². The van der Waals surface area contributed by atoms with Gasteiger partial charge in [0.15, 0.2) is 0 Å². The lowest BCUT2D eigenvalue weighted by atomic mass is 9.96. The molecule has 2 N–H and O–H groups in total. The number of hydrogen-bond acceptors (Lipinski definition) is 2. The van der Waals surface area contributed by atoms with Gasteiger partial charge in [-0.1, -0.05) is 45.3 Å². The zero-order valence-electron chi connectivity index (χ0n) is 12.1. The molecule has 0 radical (unpaired) electrons. The molecule has 20 heavy (non-hydrogen) atoms. The van der Waals surface area contributed by atoms with Crippen molar-refractivity contribution in [2.75, 3.05) is 6.61 Å². The van der Waals surface area contributed by atoms with E-state index >= 15 is 0 Å². The fourth-order valence-corrected chi connectivity index (χ4v) is 2.80. The molecule has 1 unspecified atom stereocenters. The van der Waals surface area contributed by atoms with Crippen LogP contribution in [0.25, 0.3) is 0 Å². The Hall–Kier alpha value is -1.32. The number of rotatable bonds is 4. The number of ether oxygens (including phenoxy) is 1. The molecule has 0 saturated heterocycles. The predicted molar refractivity (Wildman–Crippen MR) is 87.3 cm³/mol. The molecular formula is C17H20BrNO. The second-order valence-electron chi connectivity index (χ2n) is 5.01. The summed E-state index contributed by atoms with van der Waals surface area (Å²) in [5, 5.41) is 0. The van der Waals surface area contributed by atoms with Gasteiger partial charge in [-0.05, 0) is 44.5 Å². The Balaban J connectivity index is 2.46. The molecule has 2 aromatic carbocycles. The van der Waals surface area contributed by atoms with Crippen molar-refractivity contribution in [2.24, 2.45) is 5.73 Å². The minimum absolute atomic E-state index is 0.187. The van der Waals surface area contributed by atoms with E-state index in [1.807, 2.05) is 25.1 Å². The average Bonchev–Trinajstić information content (AvgIpc) is 2.39. The van der Waals surface area contributed by atoms with Crippen LogP contribution in [0.3, 0.4) is 0 Å². The maximum absolute atomic E-state index is 6.45. The second-order valence-corrected chi connectivity index (χ2v) is 5.93. The van der Waals surface area contributed by atoms with E-state index in [1.54, 1.807) is 0 Å². The largest absolute Gasteiger partial charge is 0.494 e. The number of nitrogens with two attached hydrogens (primary N) is 1. The summed E-state index contributed by atoms with van der Waals surface area (Å²) < 4.78 is 6.70. The highest BCUT2D eigenvalue weighted by Gasteiger charge is 2.15. The molecule has 0 heterocycles. The van der Waals surface area contributed by atoms with E-state index < -0.39 is 0 Å². The number of aryl methyl sites for hydroxylation is 2. The van der Waals surface area contributed by atoms with E-state index in [0.29, 0.717) is 6.61 Å². The normalized spacial score (nSPS) is 12.2. The summed E-state index contributed by atoms with van der Waals surface area (Å²) in [6, 6.07) is 12.2. The molecule has 2 nitrogen and oxygen atoms in total.